The number of ether oxygens (including phenoxy) is 1. The second-order valence-electron chi connectivity index (χ2n) is 6.68. The summed E-state index contributed by atoms with van der Waals surface area (Å²) in [6, 6.07) is 1.67. The van der Waals surface area contributed by atoms with Gasteiger partial charge in [0.2, 0.25) is 0 Å². The first-order valence-electron chi connectivity index (χ1n) is 8.74. The molecule has 2 heterocycles. The molecule has 7 nitrogen and oxygen atoms in total. The Morgan fingerprint density at radius 1 is 1.27 bits per heavy atom. The molecule has 9 heteroatoms. The third-order valence-corrected chi connectivity index (χ3v) is 4.79. The SMILES string of the molecule is CN=C(NCCNc1ncc(Cl)cc1Cl)NCC(C)(C)N1CCOCC1. The molecule has 1 aliphatic heterocycles. The highest BCUT2D eigenvalue weighted by atomic mass is 35.5. The number of aliphatic imine (C=N–C) groups is 1. The summed E-state index contributed by atoms with van der Waals surface area (Å²) in [5.41, 5.74) is 0.0282. The largest absolute Gasteiger partial charge is 0.379 e. The summed E-state index contributed by atoms with van der Waals surface area (Å²) in [5.74, 6) is 1.39. The molecule has 0 saturated carbocycles. The van der Waals surface area contributed by atoms with Gasteiger partial charge >= 0.3 is 0 Å². The van der Waals surface area contributed by atoms with Gasteiger partial charge in [-0.3, -0.25) is 9.89 Å². The number of guanidine groups is 1. The van der Waals surface area contributed by atoms with E-state index >= 15 is 0 Å². The first-order chi connectivity index (χ1) is 12.4. The zero-order valence-electron chi connectivity index (χ0n) is 15.6. The third-order valence-electron chi connectivity index (χ3n) is 4.30. The van der Waals surface area contributed by atoms with Crippen LogP contribution in [0, 0.1) is 0 Å². The van der Waals surface area contributed by atoms with Gasteiger partial charge in [-0.15, -0.1) is 0 Å². The van der Waals surface area contributed by atoms with E-state index in [0.29, 0.717) is 29.0 Å². The van der Waals surface area contributed by atoms with Crippen molar-refractivity contribution in [1.82, 2.24) is 20.5 Å². The number of anilines is 1. The number of rotatable bonds is 7. The standard InChI is InChI=1S/C17H28Cl2N6O/c1-17(2,25-6-8-26-9-7-25)12-24-16(20-3)22-5-4-21-15-14(19)10-13(18)11-23-15/h10-11H,4-9,12H2,1-3H3,(H,21,23)(H2,20,22,24). The lowest BCUT2D eigenvalue weighted by atomic mass is 10.0. The molecular formula is C17H28Cl2N6O. The highest BCUT2D eigenvalue weighted by Crippen LogP contribution is 2.22. The van der Waals surface area contributed by atoms with E-state index in [0.717, 1.165) is 38.8 Å². The average Bonchev–Trinajstić information content (AvgIpc) is 2.63. The van der Waals surface area contributed by atoms with Gasteiger partial charge < -0.3 is 20.7 Å². The van der Waals surface area contributed by atoms with E-state index in [1.807, 2.05) is 0 Å². The summed E-state index contributed by atoms with van der Waals surface area (Å²) in [6.45, 7) is 10.1. The Morgan fingerprint density at radius 3 is 2.65 bits per heavy atom. The number of aromatic nitrogens is 1. The first kappa shape index (κ1) is 21.0. The van der Waals surface area contributed by atoms with E-state index in [1.54, 1.807) is 19.3 Å². The number of morpholine rings is 1. The molecule has 1 aliphatic rings. The van der Waals surface area contributed by atoms with Crippen molar-refractivity contribution in [3.8, 4) is 0 Å². The van der Waals surface area contributed by atoms with Gasteiger partial charge in [0.1, 0.15) is 5.82 Å². The van der Waals surface area contributed by atoms with Crippen LogP contribution in [0.4, 0.5) is 5.82 Å². The summed E-state index contributed by atoms with van der Waals surface area (Å²) in [7, 11) is 1.77. The molecule has 1 fully saturated rings. The Kier molecular flexibility index (Phi) is 8.21. The van der Waals surface area contributed by atoms with Crippen molar-refractivity contribution in [2.45, 2.75) is 19.4 Å². The van der Waals surface area contributed by atoms with Gasteiger partial charge in [-0.05, 0) is 19.9 Å². The van der Waals surface area contributed by atoms with Crippen molar-refractivity contribution >= 4 is 35.0 Å². The topological polar surface area (TPSA) is 73.8 Å². The van der Waals surface area contributed by atoms with Crippen molar-refractivity contribution in [2.75, 3.05) is 58.3 Å². The van der Waals surface area contributed by atoms with Crippen LogP contribution < -0.4 is 16.0 Å². The molecule has 0 bridgehead atoms. The fourth-order valence-electron chi connectivity index (χ4n) is 2.71. The summed E-state index contributed by atoms with van der Waals surface area (Å²) < 4.78 is 5.43. The zero-order valence-corrected chi connectivity index (χ0v) is 17.1. The van der Waals surface area contributed by atoms with Gasteiger partial charge in [0.25, 0.3) is 0 Å². The van der Waals surface area contributed by atoms with Crippen molar-refractivity contribution in [3.63, 3.8) is 0 Å². The van der Waals surface area contributed by atoms with Gasteiger partial charge in [-0.1, -0.05) is 23.2 Å². The van der Waals surface area contributed by atoms with Crippen LogP contribution >= 0.6 is 23.2 Å². The predicted octanol–water partition coefficient (Wildman–Crippen LogP) is 2.08. The molecule has 0 radical (unpaired) electrons. The summed E-state index contributed by atoms with van der Waals surface area (Å²) in [4.78, 5) is 10.9. The Balaban J connectivity index is 1.72. The van der Waals surface area contributed by atoms with Gasteiger partial charge in [-0.2, -0.15) is 0 Å². The molecule has 0 aromatic carbocycles. The molecule has 0 aliphatic carbocycles. The Hall–Kier alpha value is -1.28. The molecule has 3 N–H and O–H groups in total. The van der Waals surface area contributed by atoms with Gasteiger partial charge in [0.05, 0.1) is 23.3 Å². The lowest BCUT2D eigenvalue weighted by Crippen LogP contribution is -2.56. The maximum atomic E-state index is 6.09. The van der Waals surface area contributed by atoms with Crippen molar-refractivity contribution in [2.24, 2.45) is 4.99 Å². The predicted molar refractivity (Wildman–Crippen MR) is 109 cm³/mol. The third kappa shape index (κ3) is 6.46. The molecule has 26 heavy (non-hydrogen) atoms. The lowest BCUT2D eigenvalue weighted by molar-refractivity contribution is -0.00833. The van der Waals surface area contributed by atoms with Crippen LogP contribution in [0.25, 0.3) is 0 Å². The minimum absolute atomic E-state index is 0.0282. The fourth-order valence-corrected chi connectivity index (χ4v) is 3.15. The molecule has 0 unspecified atom stereocenters. The van der Waals surface area contributed by atoms with Crippen LogP contribution in [-0.2, 0) is 4.74 Å². The summed E-state index contributed by atoms with van der Waals surface area (Å²) >= 11 is 11.9. The minimum Gasteiger partial charge on any atom is -0.379 e. The summed E-state index contributed by atoms with van der Waals surface area (Å²) in [6.07, 6.45) is 1.57. The van der Waals surface area contributed by atoms with E-state index in [9.17, 15) is 0 Å². The zero-order chi connectivity index (χ0) is 19.0. The number of nitrogens with zero attached hydrogens (tertiary/aromatic N) is 3. The Morgan fingerprint density at radius 2 is 2.00 bits per heavy atom. The van der Waals surface area contributed by atoms with Crippen LogP contribution in [0.3, 0.4) is 0 Å². The highest BCUT2D eigenvalue weighted by Gasteiger charge is 2.28. The Bertz CT molecular complexity index is 605. The normalized spacial score (nSPS) is 16.4. The first-order valence-corrected chi connectivity index (χ1v) is 9.50. The molecule has 0 spiro atoms. The second kappa shape index (κ2) is 10.2. The van der Waals surface area contributed by atoms with Crippen LogP contribution in [-0.4, -0.2) is 74.4 Å². The minimum atomic E-state index is 0.0282. The monoisotopic (exact) mass is 402 g/mol. The van der Waals surface area contributed by atoms with Gasteiger partial charge in [-0.25, -0.2) is 4.98 Å². The van der Waals surface area contributed by atoms with Crippen LogP contribution in [0.1, 0.15) is 13.8 Å². The Labute approximate surface area is 165 Å². The highest BCUT2D eigenvalue weighted by molar-refractivity contribution is 6.35. The molecular weight excluding hydrogens is 375 g/mol. The molecule has 1 saturated heterocycles. The molecule has 146 valence electrons. The maximum absolute atomic E-state index is 6.09. The smallest absolute Gasteiger partial charge is 0.191 e. The summed E-state index contributed by atoms with van der Waals surface area (Å²) in [5, 5.41) is 10.9. The van der Waals surface area contributed by atoms with E-state index in [4.69, 9.17) is 27.9 Å². The molecule has 0 amide bonds. The molecule has 1 aromatic heterocycles. The molecule has 0 atom stereocenters. The molecule has 1 aromatic rings. The number of hydrogen-bond donors (Lipinski definition) is 3. The molecule has 2 rings (SSSR count). The van der Waals surface area contributed by atoms with Gasteiger partial charge in [0.15, 0.2) is 5.96 Å². The van der Waals surface area contributed by atoms with Gasteiger partial charge in [0, 0.05) is 51.5 Å². The fraction of sp³-hybridized carbons (Fsp3) is 0.647. The quantitative estimate of drug-likeness (QED) is 0.368. The van der Waals surface area contributed by atoms with E-state index in [1.165, 1.54) is 0 Å². The lowest BCUT2D eigenvalue weighted by Gasteiger charge is -2.41. The van der Waals surface area contributed by atoms with E-state index < -0.39 is 0 Å². The van der Waals surface area contributed by atoms with Crippen LogP contribution in [0.5, 0.6) is 0 Å². The van der Waals surface area contributed by atoms with Crippen LogP contribution in [0.15, 0.2) is 17.3 Å². The number of halogens is 2. The van der Waals surface area contributed by atoms with Crippen LogP contribution in [0.2, 0.25) is 10.0 Å². The number of hydrogen-bond acceptors (Lipinski definition) is 5. The maximum Gasteiger partial charge on any atom is 0.191 e. The number of nitrogens with one attached hydrogen (secondary N) is 3. The number of pyridine rings is 1. The van der Waals surface area contributed by atoms with Crippen molar-refractivity contribution < 1.29 is 4.74 Å². The van der Waals surface area contributed by atoms with E-state index in [-0.39, 0.29) is 5.54 Å². The second-order valence-corrected chi connectivity index (χ2v) is 7.52. The van der Waals surface area contributed by atoms with Crippen molar-refractivity contribution in [1.29, 1.82) is 0 Å². The van der Waals surface area contributed by atoms with E-state index in [2.05, 4.69) is 44.7 Å². The van der Waals surface area contributed by atoms with Crippen molar-refractivity contribution in [3.05, 3.63) is 22.3 Å². The average molecular weight is 403 g/mol.